The molecule has 0 aliphatic rings. The number of hydrogen-bond donors (Lipinski definition) is 0. The van der Waals surface area contributed by atoms with Gasteiger partial charge in [-0.25, -0.2) is 9.59 Å². The zero-order valence-corrected chi connectivity index (χ0v) is 24.4. The lowest BCUT2D eigenvalue weighted by Gasteiger charge is -2.21. The van der Waals surface area contributed by atoms with Crippen molar-refractivity contribution in [2.75, 3.05) is 13.2 Å². The van der Waals surface area contributed by atoms with Crippen molar-refractivity contribution in [3.05, 3.63) is 35.4 Å². The predicted molar refractivity (Wildman–Crippen MR) is 153 cm³/mol. The Morgan fingerprint density at radius 1 is 0.658 bits per heavy atom. The first-order valence-corrected chi connectivity index (χ1v) is 14.7. The van der Waals surface area contributed by atoms with Crippen molar-refractivity contribution in [1.29, 1.82) is 0 Å². The Hall–Kier alpha value is -2.76. The largest absolute Gasteiger partial charge is 0.513 e. The Morgan fingerprint density at radius 2 is 1.05 bits per heavy atom. The molecule has 0 heterocycles. The highest BCUT2D eigenvalue weighted by Crippen LogP contribution is 2.42. The lowest BCUT2D eigenvalue weighted by molar-refractivity contribution is 0.0794. The summed E-state index contributed by atoms with van der Waals surface area (Å²) in [6.45, 7) is 13.2. The maximum Gasteiger partial charge on any atom is 0.513 e. The molecule has 38 heavy (non-hydrogen) atoms. The van der Waals surface area contributed by atoms with Gasteiger partial charge < -0.3 is 18.9 Å². The summed E-state index contributed by atoms with van der Waals surface area (Å²) in [7, 11) is 0. The summed E-state index contributed by atoms with van der Waals surface area (Å²) in [5.74, 6) is 1.59. The van der Waals surface area contributed by atoms with Gasteiger partial charge in [0.2, 0.25) is 0 Å². The van der Waals surface area contributed by atoms with Crippen molar-refractivity contribution < 1.29 is 28.5 Å². The highest BCUT2D eigenvalue weighted by atomic mass is 16.7. The van der Waals surface area contributed by atoms with Gasteiger partial charge in [-0.05, 0) is 37.5 Å². The lowest BCUT2D eigenvalue weighted by Crippen LogP contribution is -2.19. The molecule has 2 aromatic rings. The summed E-state index contributed by atoms with van der Waals surface area (Å²) in [5.41, 5.74) is 1.66. The van der Waals surface area contributed by atoms with E-state index in [4.69, 9.17) is 18.9 Å². The van der Waals surface area contributed by atoms with Gasteiger partial charge in [0.05, 0.1) is 13.2 Å². The molecule has 0 spiro atoms. The van der Waals surface area contributed by atoms with E-state index in [-0.39, 0.29) is 0 Å². The van der Waals surface area contributed by atoms with Crippen LogP contribution < -0.4 is 9.47 Å². The van der Waals surface area contributed by atoms with E-state index in [9.17, 15) is 9.59 Å². The van der Waals surface area contributed by atoms with Crippen LogP contribution in [0.2, 0.25) is 0 Å². The molecule has 0 aliphatic carbocycles. The standard InChI is InChI=1S/C32H48O6/c1-7-13-17-23(9-3)21-35-31(33)37-29-25(11-5)26(12-6)30(28-20-16-15-19-27(28)29)38-32(34)36-22-24(10-4)18-14-8-2/h15-16,19-20,23-24H,7-14,17-18,21-22H2,1-6H3. The Labute approximate surface area is 229 Å². The fourth-order valence-corrected chi connectivity index (χ4v) is 4.85. The Bertz CT molecular complexity index is 934. The summed E-state index contributed by atoms with van der Waals surface area (Å²) in [5, 5.41) is 1.41. The molecule has 2 unspecified atom stereocenters. The second-order valence-corrected chi connectivity index (χ2v) is 10.0. The maximum atomic E-state index is 12.8. The van der Waals surface area contributed by atoms with Crippen LogP contribution in [0.1, 0.15) is 104 Å². The molecule has 0 fully saturated rings. The van der Waals surface area contributed by atoms with Crippen molar-refractivity contribution in [2.45, 2.75) is 106 Å². The minimum Gasteiger partial charge on any atom is -0.434 e. The molecule has 0 radical (unpaired) electrons. The summed E-state index contributed by atoms with van der Waals surface area (Å²) in [6, 6.07) is 7.52. The van der Waals surface area contributed by atoms with E-state index in [2.05, 4.69) is 27.7 Å². The molecule has 0 aromatic heterocycles. The first-order chi connectivity index (χ1) is 18.4. The van der Waals surface area contributed by atoms with E-state index in [1.54, 1.807) is 0 Å². The number of benzene rings is 2. The van der Waals surface area contributed by atoms with Crippen LogP contribution in [0.15, 0.2) is 24.3 Å². The maximum absolute atomic E-state index is 12.8. The van der Waals surface area contributed by atoms with Crippen LogP contribution in [0.4, 0.5) is 9.59 Å². The normalized spacial score (nSPS) is 12.7. The van der Waals surface area contributed by atoms with Crippen molar-refractivity contribution in [3.8, 4) is 11.5 Å². The molecule has 2 aromatic carbocycles. The van der Waals surface area contributed by atoms with Crippen molar-refractivity contribution in [3.63, 3.8) is 0 Å². The van der Waals surface area contributed by atoms with Crippen LogP contribution in [0.25, 0.3) is 10.8 Å². The molecule has 2 atom stereocenters. The van der Waals surface area contributed by atoms with E-state index < -0.39 is 12.3 Å². The fraction of sp³-hybridized carbons (Fsp3) is 0.625. The quantitative estimate of drug-likeness (QED) is 0.160. The van der Waals surface area contributed by atoms with Crippen LogP contribution in [0.3, 0.4) is 0 Å². The van der Waals surface area contributed by atoms with Crippen molar-refractivity contribution in [2.24, 2.45) is 11.8 Å². The minimum atomic E-state index is -0.701. The fourth-order valence-electron chi connectivity index (χ4n) is 4.85. The van der Waals surface area contributed by atoms with Crippen LogP contribution in [-0.2, 0) is 22.3 Å². The van der Waals surface area contributed by atoms with E-state index in [0.29, 0.717) is 60.2 Å². The third-order valence-electron chi connectivity index (χ3n) is 7.37. The van der Waals surface area contributed by atoms with Crippen molar-refractivity contribution >= 4 is 23.1 Å². The van der Waals surface area contributed by atoms with Gasteiger partial charge in [0, 0.05) is 21.9 Å². The monoisotopic (exact) mass is 528 g/mol. The van der Waals surface area contributed by atoms with Gasteiger partial charge in [-0.15, -0.1) is 0 Å². The predicted octanol–water partition coefficient (Wildman–Crippen LogP) is 9.43. The van der Waals surface area contributed by atoms with Gasteiger partial charge in [0.1, 0.15) is 11.5 Å². The first-order valence-electron chi connectivity index (χ1n) is 14.7. The number of fused-ring (bicyclic) bond motifs is 1. The topological polar surface area (TPSA) is 71.1 Å². The molecule has 0 bridgehead atoms. The number of unbranched alkanes of at least 4 members (excludes halogenated alkanes) is 2. The molecule has 0 amide bonds. The van der Waals surface area contributed by atoms with Crippen LogP contribution in [0.5, 0.6) is 11.5 Å². The molecule has 2 rings (SSSR count). The zero-order valence-electron chi connectivity index (χ0n) is 24.4. The Morgan fingerprint density at radius 3 is 1.37 bits per heavy atom. The van der Waals surface area contributed by atoms with Gasteiger partial charge in [0.25, 0.3) is 0 Å². The number of rotatable bonds is 16. The summed E-state index contributed by atoms with van der Waals surface area (Å²) in [4.78, 5) is 25.6. The van der Waals surface area contributed by atoms with Crippen molar-refractivity contribution in [1.82, 2.24) is 0 Å². The molecule has 6 heteroatoms. The van der Waals surface area contributed by atoms with E-state index in [0.717, 1.165) is 62.5 Å². The Balaban J connectivity index is 2.30. The number of carbonyl (C=O) groups excluding carboxylic acids is 2. The molecule has 0 N–H and O–H groups in total. The SMILES string of the molecule is CCCCC(CC)COC(=O)Oc1c(CC)c(CC)c(OC(=O)OCC(CC)CCCC)c2ccccc12. The smallest absolute Gasteiger partial charge is 0.434 e. The van der Waals surface area contributed by atoms with E-state index in [1.165, 1.54) is 0 Å². The third kappa shape index (κ3) is 8.92. The van der Waals surface area contributed by atoms with Gasteiger partial charge in [-0.3, -0.25) is 0 Å². The molecular formula is C32H48O6. The number of carbonyl (C=O) groups is 2. The number of ether oxygens (including phenoxy) is 4. The second-order valence-electron chi connectivity index (χ2n) is 10.0. The first kappa shape index (κ1) is 31.5. The molecule has 212 valence electrons. The summed E-state index contributed by atoms with van der Waals surface area (Å²) >= 11 is 0. The zero-order chi connectivity index (χ0) is 27.9. The van der Waals surface area contributed by atoms with Gasteiger partial charge in [-0.1, -0.05) is 104 Å². The van der Waals surface area contributed by atoms with Gasteiger partial charge >= 0.3 is 12.3 Å². The van der Waals surface area contributed by atoms with Crippen LogP contribution in [-0.4, -0.2) is 25.5 Å². The second kappa shape index (κ2) is 17.0. The van der Waals surface area contributed by atoms with E-state index >= 15 is 0 Å². The molecule has 0 saturated carbocycles. The molecule has 0 aliphatic heterocycles. The van der Waals surface area contributed by atoms with Gasteiger partial charge in [-0.2, -0.15) is 0 Å². The Kier molecular flexibility index (Phi) is 14.0. The number of hydrogen-bond acceptors (Lipinski definition) is 6. The summed E-state index contributed by atoms with van der Waals surface area (Å²) in [6.07, 6.45) is 8.24. The van der Waals surface area contributed by atoms with Crippen LogP contribution in [0, 0.1) is 11.8 Å². The highest BCUT2D eigenvalue weighted by Gasteiger charge is 2.24. The molecular weight excluding hydrogens is 480 g/mol. The minimum absolute atomic E-state index is 0.326. The lowest BCUT2D eigenvalue weighted by atomic mass is 9.94. The molecule has 6 nitrogen and oxygen atoms in total. The third-order valence-corrected chi connectivity index (χ3v) is 7.37. The van der Waals surface area contributed by atoms with E-state index in [1.807, 2.05) is 38.1 Å². The highest BCUT2D eigenvalue weighted by molar-refractivity contribution is 5.98. The average Bonchev–Trinajstić information content (AvgIpc) is 2.94. The van der Waals surface area contributed by atoms with Crippen LogP contribution >= 0.6 is 0 Å². The summed E-state index contributed by atoms with van der Waals surface area (Å²) < 4.78 is 22.8. The molecule has 0 saturated heterocycles. The average molecular weight is 529 g/mol. The van der Waals surface area contributed by atoms with Gasteiger partial charge in [0.15, 0.2) is 0 Å².